The first kappa shape index (κ1) is 25.8. The molecular weight excluding hydrogens is 508 g/mol. The Kier molecular flexibility index (Phi) is 6.25. The smallest absolute Gasteiger partial charge is 0.410 e. The van der Waals surface area contributed by atoms with E-state index in [0.29, 0.717) is 42.4 Å². The van der Waals surface area contributed by atoms with Gasteiger partial charge in [0, 0.05) is 49.6 Å². The highest BCUT2D eigenvalue weighted by Gasteiger charge is 2.30. The first-order valence-corrected chi connectivity index (χ1v) is 14.2. The Morgan fingerprint density at radius 2 is 1.82 bits per heavy atom. The summed E-state index contributed by atoms with van der Waals surface area (Å²) in [5.41, 5.74) is 2.21. The quantitative estimate of drug-likeness (QED) is 0.363. The zero-order valence-corrected chi connectivity index (χ0v) is 22.8. The standard InChI is InChI=1S/C26H30N6O5S/c1-26(2,3)37-25(34)31-10-8-18(9-11-31)32-22-17(14-27-24(29-22)38(5,35)36)12-19(23(32)33)16-6-7-20-21(13-16)30(4)15-28-20/h6-7,12-15,18H,8-11H2,1-5H3. The molecule has 1 fully saturated rings. The second-order valence-corrected chi connectivity index (χ2v) is 12.6. The van der Waals surface area contributed by atoms with E-state index >= 15 is 0 Å². The molecule has 1 amide bonds. The third-order valence-electron chi connectivity index (χ3n) is 6.60. The number of carbonyl (C=O) groups is 1. The molecule has 0 unspecified atom stereocenters. The first-order valence-electron chi connectivity index (χ1n) is 12.3. The molecule has 0 aliphatic carbocycles. The van der Waals surface area contributed by atoms with Crippen molar-refractivity contribution < 1.29 is 17.9 Å². The average Bonchev–Trinajstić information content (AvgIpc) is 3.22. The van der Waals surface area contributed by atoms with Crippen LogP contribution >= 0.6 is 0 Å². The number of likely N-dealkylation sites (tertiary alicyclic amines) is 1. The summed E-state index contributed by atoms with van der Waals surface area (Å²) in [6.45, 7) is 6.23. The number of fused-ring (bicyclic) bond motifs is 2. The maximum atomic E-state index is 14.0. The lowest BCUT2D eigenvalue weighted by Gasteiger charge is -2.34. The highest BCUT2D eigenvalue weighted by molar-refractivity contribution is 7.90. The van der Waals surface area contributed by atoms with Crippen molar-refractivity contribution in [3.63, 3.8) is 0 Å². The molecule has 0 bridgehead atoms. The number of pyridine rings is 1. The van der Waals surface area contributed by atoms with Crippen molar-refractivity contribution in [2.45, 2.75) is 50.4 Å². The summed E-state index contributed by atoms with van der Waals surface area (Å²) in [4.78, 5) is 41.0. The van der Waals surface area contributed by atoms with Crippen LogP contribution in [0.25, 0.3) is 33.2 Å². The molecule has 200 valence electrons. The van der Waals surface area contributed by atoms with Gasteiger partial charge in [0.15, 0.2) is 0 Å². The molecule has 1 aliphatic heterocycles. The van der Waals surface area contributed by atoms with Gasteiger partial charge < -0.3 is 14.2 Å². The van der Waals surface area contributed by atoms with E-state index in [1.54, 1.807) is 21.9 Å². The highest BCUT2D eigenvalue weighted by atomic mass is 32.2. The molecule has 1 saturated heterocycles. The predicted octanol–water partition coefficient (Wildman–Crippen LogP) is 3.32. The number of benzene rings is 1. The van der Waals surface area contributed by atoms with Gasteiger partial charge >= 0.3 is 6.09 Å². The van der Waals surface area contributed by atoms with Crippen LogP contribution in [0.5, 0.6) is 0 Å². The third-order valence-corrected chi connectivity index (χ3v) is 7.46. The Labute approximate surface area is 220 Å². The maximum absolute atomic E-state index is 14.0. The second kappa shape index (κ2) is 9.19. The van der Waals surface area contributed by atoms with Gasteiger partial charge in [-0.05, 0) is 57.4 Å². The summed E-state index contributed by atoms with van der Waals surface area (Å²) in [5, 5.41) is 0.208. The fourth-order valence-electron chi connectivity index (χ4n) is 4.76. The van der Waals surface area contributed by atoms with Crippen molar-refractivity contribution in [1.29, 1.82) is 0 Å². The van der Waals surface area contributed by atoms with Gasteiger partial charge in [-0.25, -0.2) is 23.2 Å². The van der Waals surface area contributed by atoms with E-state index in [1.165, 1.54) is 6.20 Å². The van der Waals surface area contributed by atoms with Crippen LogP contribution in [0.2, 0.25) is 0 Å². The molecule has 1 aliphatic rings. The minimum Gasteiger partial charge on any atom is -0.444 e. The van der Waals surface area contributed by atoms with E-state index < -0.39 is 21.5 Å². The van der Waals surface area contributed by atoms with E-state index in [4.69, 9.17) is 4.74 Å². The van der Waals surface area contributed by atoms with Gasteiger partial charge in [0.1, 0.15) is 11.2 Å². The van der Waals surface area contributed by atoms with E-state index in [1.807, 2.05) is 50.6 Å². The van der Waals surface area contributed by atoms with Gasteiger partial charge in [0.25, 0.3) is 5.56 Å². The molecule has 0 radical (unpaired) electrons. The number of nitrogens with zero attached hydrogens (tertiary/aromatic N) is 6. The fraction of sp³-hybridized carbons (Fsp3) is 0.423. The van der Waals surface area contributed by atoms with Crippen LogP contribution < -0.4 is 5.56 Å². The monoisotopic (exact) mass is 538 g/mol. The lowest BCUT2D eigenvalue weighted by Crippen LogP contribution is -2.43. The number of carbonyl (C=O) groups excluding carboxylic acids is 1. The van der Waals surface area contributed by atoms with Gasteiger partial charge in [-0.1, -0.05) is 6.07 Å². The molecule has 0 saturated carbocycles. The third kappa shape index (κ3) is 4.87. The van der Waals surface area contributed by atoms with Crippen LogP contribution in [0.15, 0.2) is 46.7 Å². The molecule has 0 N–H and O–H groups in total. The van der Waals surface area contributed by atoms with Crippen LogP contribution in [-0.2, 0) is 21.6 Å². The first-order chi connectivity index (χ1) is 17.8. The Morgan fingerprint density at radius 1 is 1.11 bits per heavy atom. The number of ether oxygens (including phenoxy) is 1. The molecule has 4 aromatic rings. The number of piperidine rings is 1. The van der Waals surface area contributed by atoms with E-state index in [-0.39, 0.29) is 22.4 Å². The summed E-state index contributed by atoms with van der Waals surface area (Å²) in [6.07, 6.45) is 4.76. The van der Waals surface area contributed by atoms with Crippen molar-refractivity contribution in [3.8, 4) is 11.1 Å². The van der Waals surface area contributed by atoms with E-state index in [0.717, 1.165) is 17.3 Å². The Hall–Kier alpha value is -3.80. The molecule has 4 heterocycles. The lowest BCUT2D eigenvalue weighted by atomic mass is 10.0. The number of hydrogen-bond acceptors (Lipinski definition) is 8. The minimum atomic E-state index is -3.69. The number of amides is 1. The molecule has 0 spiro atoms. The van der Waals surface area contributed by atoms with Crippen molar-refractivity contribution in [2.24, 2.45) is 7.05 Å². The van der Waals surface area contributed by atoms with Gasteiger partial charge in [-0.3, -0.25) is 9.36 Å². The van der Waals surface area contributed by atoms with Crippen LogP contribution in [0.4, 0.5) is 4.79 Å². The summed E-state index contributed by atoms with van der Waals surface area (Å²) < 4.78 is 33.4. The number of rotatable bonds is 3. The van der Waals surface area contributed by atoms with Gasteiger partial charge in [-0.2, -0.15) is 4.98 Å². The molecule has 11 nitrogen and oxygen atoms in total. The maximum Gasteiger partial charge on any atom is 0.410 e. The number of aromatic nitrogens is 5. The normalized spacial score (nSPS) is 15.3. The number of hydrogen-bond donors (Lipinski definition) is 0. The van der Waals surface area contributed by atoms with Crippen LogP contribution in [-0.4, -0.2) is 68.4 Å². The number of aryl methyl sites for hydroxylation is 1. The lowest BCUT2D eigenvalue weighted by molar-refractivity contribution is 0.0188. The van der Waals surface area contributed by atoms with Gasteiger partial charge in [0.05, 0.1) is 17.4 Å². The summed E-state index contributed by atoms with van der Waals surface area (Å²) in [7, 11) is -1.81. The Morgan fingerprint density at radius 3 is 2.47 bits per heavy atom. The van der Waals surface area contributed by atoms with Crippen molar-refractivity contribution in [3.05, 3.63) is 47.1 Å². The highest BCUT2D eigenvalue weighted by Crippen LogP contribution is 2.29. The SMILES string of the molecule is Cn1cnc2ccc(-c3cc4cnc(S(C)(=O)=O)nc4n(C4CCN(C(=O)OC(C)(C)C)CC4)c3=O)cc21. The largest absolute Gasteiger partial charge is 0.444 e. The fourth-order valence-corrected chi connectivity index (χ4v) is 5.25. The summed E-state index contributed by atoms with van der Waals surface area (Å²) >= 11 is 0. The topological polar surface area (TPSA) is 129 Å². The van der Waals surface area contributed by atoms with E-state index in [2.05, 4.69) is 15.0 Å². The minimum absolute atomic E-state index is 0.256. The molecule has 0 atom stereocenters. The molecule has 5 rings (SSSR count). The Balaban J connectivity index is 1.61. The molecular formula is C26H30N6O5S. The molecule has 12 heteroatoms. The molecule has 1 aromatic carbocycles. The Bertz CT molecular complexity index is 1730. The molecule has 38 heavy (non-hydrogen) atoms. The summed E-state index contributed by atoms with van der Waals surface area (Å²) in [5.74, 6) is 0. The van der Waals surface area contributed by atoms with E-state index in [9.17, 15) is 18.0 Å². The van der Waals surface area contributed by atoms with Crippen molar-refractivity contribution >= 4 is 38.0 Å². The number of imidazole rings is 1. The van der Waals surface area contributed by atoms with Gasteiger partial charge in [-0.15, -0.1) is 0 Å². The molecule has 3 aromatic heterocycles. The van der Waals surface area contributed by atoms with Crippen molar-refractivity contribution in [1.82, 2.24) is 29.0 Å². The zero-order valence-electron chi connectivity index (χ0n) is 22.0. The average molecular weight is 539 g/mol. The second-order valence-electron chi connectivity index (χ2n) is 10.7. The van der Waals surface area contributed by atoms with Crippen molar-refractivity contribution in [2.75, 3.05) is 19.3 Å². The predicted molar refractivity (Wildman–Crippen MR) is 143 cm³/mol. The van der Waals surface area contributed by atoms with Gasteiger partial charge in [0.2, 0.25) is 15.0 Å². The van der Waals surface area contributed by atoms with Crippen LogP contribution in [0.3, 0.4) is 0 Å². The zero-order chi connectivity index (χ0) is 27.4. The van der Waals surface area contributed by atoms with Crippen LogP contribution in [0.1, 0.15) is 39.7 Å². The van der Waals surface area contributed by atoms with Crippen LogP contribution in [0, 0.1) is 0 Å². The summed E-state index contributed by atoms with van der Waals surface area (Å²) in [6, 6.07) is 7.02. The number of sulfone groups is 1.